The highest BCUT2D eigenvalue weighted by molar-refractivity contribution is 5.31. The molecule has 2 rings (SSSR count). The van der Waals surface area contributed by atoms with Gasteiger partial charge in [-0.15, -0.1) is 0 Å². The van der Waals surface area contributed by atoms with E-state index in [2.05, 4.69) is 12.2 Å². The van der Waals surface area contributed by atoms with Gasteiger partial charge < -0.3 is 10.1 Å². The molecule has 0 amide bonds. The zero-order chi connectivity index (χ0) is 14.4. The van der Waals surface area contributed by atoms with Crippen LogP contribution < -0.4 is 10.1 Å². The third-order valence-electron chi connectivity index (χ3n) is 4.39. The summed E-state index contributed by atoms with van der Waals surface area (Å²) in [5, 5.41) is 3.52. The van der Waals surface area contributed by atoms with Crippen LogP contribution in [0.1, 0.15) is 57.1 Å². The summed E-state index contributed by atoms with van der Waals surface area (Å²) in [5.41, 5.74) is 1.07. The molecular formula is C17H26FNO. The third-order valence-corrected chi connectivity index (χ3v) is 4.39. The molecule has 112 valence electrons. The van der Waals surface area contributed by atoms with E-state index >= 15 is 0 Å². The first-order valence-electron chi connectivity index (χ1n) is 7.77. The number of nitrogens with one attached hydrogen (secondary N) is 1. The van der Waals surface area contributed by atoms with Gasteiger partial charge >= 0.3 is 0 Å². The number of hydrogen-bond acceptors (Lipinski definition) is 2. The Labute approximate surface area is 121 Å². The maximum atomic E-state index is 13.4. The molecule has 0 radical (unpaired) electrons. The van der Waals surface area contributed by atoms with Gasteiger partial charge in [-0.3, -0.25) is 0 Å². The molecule has 2 nitrogen and oxygen atoms in total. The Kier molecular flexibility index (Phi) is 5.84. The molecule has 0 aromatic heterocycles. The summed E-state index contributed by atoms with van der Waals surface area (Å²) in [4.78, 5) is 0. The molecule has 0 saturated heterocycles. The van der Waals surface area contributed by atoms with E-state index in [4.69, 9.17) is 4.74 Å². The predicted molar refractivity (Wildman–Crippen MR) is 80.6 cm³/mol. The van der Waals surface area contributed by atoms with Crippen molar-refractivity contribution in [3.05, 3.63) is 29.6 Å². The summed E-state index contributed by atoms with van der Waals surface area (Å²) < 4.78 is 18.4. The summed E-state index contributed by atoms with van der Waals surface area (Å²) in [7, 11) is 1.50. The first-order valence-corrected chi connectivity index (χ1v) is 7.77. The smallest absolute Gasteiger partial charge is 0.165 e. The normalized spacial score (nSPS) is 17.4. The molecule has 0 bridgehead atoms. The minimum atomic E-state index is -0.301. The van der Waals surface area contributed by atoms with Gasteiger partial charge in [-0.2, -0.15) is 0 Å². The van der Waals surface area contributed by atoms with Gasteiger partial charge in [0, 0.05) is 6.04 Å². The van der Waals surface area contributed by atoms with E-state index < -0.39 is 0 Å². The maximum Gasteiger partial charge on any atom is 0.165 e. The van der Waals surface area contributed by atoms with Gasteiger partial charge in [0.1, 0.15) is 0 Å². The Balaban J connectivity index is 1.74. The van der Waals surface area contributed by atoms with E-state index in [0.29, 0.717) is 5.75 Å². The van der Waals surface area contributed by atoms with Crippen LogP contribution >= 0.6 is 0 Å². The molecule has 0 aliphatic heterocycles. The molecule has 1 aliphatic rings. The van der Waals surface area contributed by atoms with Crippen LogP contribution in [0.3, 0.4) is 0 Å². The fourth-order valence-corrected chi connectivity index (χ4v) is 3.07. The van der Waals surface area contributed by atoms with E-state index in [9.17, 15) is 4.39 Å². The van der Waals surface area contributed by atoms with Crippen molar-refractivity contribution in [2.45, 2.75) is 51.5 Å². The van der Waals surface area contributed by atoms with Gasteiger partial charge in [0.2, 0.25) is 0 Å². The molecule has 20 heavy (non-hydrogen) atoms. The summed E-state index contributed by atoms with van der Waals surface area (Å²) in [6.45, 7) is 3.14. The Morgan fingerprint density at radius 2 is 2.10 bits per heavy atom. The lowest BCUT2D eigenvalue weighted by Crippen LogP contribution is -2.20. The van der Waals surface area contributed by atoms with Crippen molar-refractivity contribution in [2.24, 2.45) is 5.92 Å². The molecule has 1 aliphatic carbocycles. The first kappa shape index (κ1) is 15.3. The van der Waals surface area contributed by atoms with Crippen LogP contribution in [-0.2, 0) is 0 Å². The highest BCUT2D eigenvalue weighted by Crippen LogP contribution is 2.28. The highest BCUT2D eigenvalue weighted by Gasteiger charge is 2.14. The number of hydrogen-bond donors (Lipinski definition) is 1. The Morgan fingerprint density at radius 3 is 2.80 bits per heavy atom. The highest BCUT2D eigenvalue weighted by atomic mass is 19.1. The lowest BCUT2D eigenvalue weighted by molar-refractivity contribution is 0.384. The van der Waals surface area contributed by atoms with Crippen molar-refractivity contribution in [3.63, 3.8) is 0 Å². The van der Waals surface area contributed by atoms with Gasteiger partial charge in [0.15, 0.2) is 11.6 Å². The summed E-state index contributed by atoms with van der Waals surface area (Å²) in [6.07, 6.45) is 8.25. The second-order valence-corrected chi connectivity index (χ2v) is 5.86. The van der Waals surface area contributed by atoms with E-state index in [1.54, 1.807) is 6.07 Å². The van der Waals surface area contributed by atoms with Crippen LogP contribution in [0.2, 0.25) is 0 Å². The third kappa shape index (κ3) is 4.20. The lowest BCUT2D eigenvalue weighted by Gasteiger charge is -2.16. The second kappa shape index (κ2) is 7.63. The molecule has 0 heterocycles. The van der Waals surface area contributed by atoms with Crippen molar-refractivity contribution >= 4 is 0 Å². The second-order valence-electron chi connectivity index (χ2n) is 5.86. The van der Waals surface area contributed by atoms with Crippen molar-refractivity contribution in [3.8, 4) is 5.75 Å². The standard InChI is InChI=1S/C17H26FNO/c1-13(15-9-10-16(18)17(12-15)20-2)19-11-5-8-14-6-3-4-7-14/h9-10,12-14,19H,3-8,11H2,1-2H3. The number of benzene rings is 1. The molecule has 3 heteroatoms. The van der Waals surface area contributed by atoms with Crippen molar-refractivity contribution in [2.75, 3.05) is 13.7 Å². The molecule has 1 unspecified atom stereocenters. The molecule has 1 fully saturated rings. The van der Waals surface area contributed by atoms with E-state index in [1.165, 1.54) is 51.7 Å². The van der Waals surface area contributed by atoms with Crippen molar-refractivity contribution < 1.29 is 9.13 Å². The Morgan fingerprint density at radius 1 is 1.35 bits per heavy atom. The van der Waals surface area contributed by atoms with E-state index in [1.807, 2.05) is 6.07 Å². The topological polar surface area (TPSA) is 21.3 Å². The predicted octanol–water partition coefficient (Wildman–Crippen LogP) is 4.46. The van der Waals surface area contributed by atoms with Crippen molar-refractivity contribution in [1.82, 2.24) is 5.32 Å². The zero-order valence-electron chi connectivity index (χ0n) is 12.6. The van der Waals surface area contributed by atoms with Crippen LogP contribution in [0.25, 0.3) is 0 Å². The lowest BCUT2D eigenvalue weighted by atomic mass is 10.0. The molecule has 1 aromatic carbocycles. The average molecular weight is 279 g/mol. The largest absolute Gasteiger partial charge is 0.494 e. The van der Waals surface area contributed by atoms with Gasteiger partial charge in [0.05, 0.1) is 7.11 Å². The zero-order valence-corrected chi connectivity index (χ0v) is 12.6. The minimum Gasteiger partial charge on any atom is -0.494 e. The molecule has 1 atom stereocenters. The van der Waals surface area contributed by atoms with Crippen LogP contribution in [-0.4, -0.2) is 13.7 Å². The average Bonchev–Trinajstić information content (AvgIpc) is 2.97. The van der Waals surface area contributed by atoms with E-state index in [0.717, 1.165) is 18.0 Å². The van der Waals surface area contributed by atoms with Crippen LogP contribution in [0.15, 0.2) is 18.2 Å². The van der Waals surface area contributed by atoms with Crippen LogP contribution in [0, 0.1) is 11.7 Å². The van der Waals surface area contributed by atoms with Crippen LogP contribution in [0.5, 0.6) is 5.75 Å². The van der Waals surface area contributed by atoms with Gasteiger partial charge in [-0.25, -0.2) is 4.39 Å². The first-order chi connectivity index (χ1) is 9.70. The molecule has 1 N–H and O–H groups in total. The van der Waals surface area contributed by atoms with E-state index in [-0.39, 0.29) is 11.9 Å². The monoisotopic (exact) mass is 279 g/mol. The molecule has 0 spiro atoms. The van der Waals surface area contributed by atoms with Crippen molar-refractivity contribution in [1.29, 1.82) is 0 Å². The number of methoxy groups -OCH3 is 1. The SMILES string of the molecule is COc1cc(C(C)NCCCC2CCCC2)ccc1F. The summed E-state index contributed by atoms with van der Waals surface area (Å²) in [5.74, 6) is 0.977. The quantitative estimate of drug-likeness (QED) is 0.744. The maximum absolute atomic E-state index is 13.4. The fourth-order valence-electron chi connectivity index (χ4n) is 3.07. The molecular weight excluding hydrogens is 253 g/mol. The summed E-state index contributed by atoms with van der Waals surface area (Å²) in [6, 6.07) is 5.31. The van der Waals surface area contributed by atoms with Gasteiger partial charge in [0.25, 0.3) is 0 Å². The van der Waals surface area contributed by atoms with Crippen LogP contribution in [0.4, 0.5) is 4.39 Å². The Hall–Kier alpha value is -1.09. The number of rotatable bonds is 7. The molecule has 1 saturated carbocycles. The van der Waals surface area contributed by atoms with Gasteiger partial charge in [-0.1, -0.05) is 31.7 Å². The summed E-state index contributed by atoms with van der Waals surface area (Å²) >= 11 is 0. The van der Waals surface area contributed by atoms with Gasteiger partial charge in [-0.05, 0) is 49.9 Å². The number of halogens is 1. The minimum absolute atomic E-state index is 0.230. The number of ether oxygens (including phenoxy) is 1. The molecule has 1 aromatic rings. The Bertz CT molecular complexity index is 415. The fraction of sp³-hybridized carbons (Fsp3) is 0.647.